The number of nitrogens with zero attached hydrogens (tertiary/aromatic N) is 1. The zero-order valence-electron chi connectivity index (χ0n) is 18.0. The quantitative estimate of drug-likeness (QED) is 0.354. The second-order valence-electron chi connectivity index (χ2n) is 7.72. The second-order valence-corrected chi connectivity index (χ2v) is 9.43. The Morgan fingerprint density at radius 2 is 1.74 bits per heavy atom. The monoisotopic (exact) mass is 561 g/mol. The van der Waals surface area contributed by atoms with E-state index in [0.29, 0.717) is 56.1 Å². The molecule has 1 heterocycles. The molecule has 0 spiro atoms. The molecule has 1 aromatic heterocycles. The maximum Gasteiger partial charge on any atom is 0.407 e. The number of phenolic OH excluding ortho intramolecular Hbond substituents is 1. The molecule has 0 atom stereocenters. The Morgan fingerprint density at radius 3 is 2.42 bits per heavy atom. The molecule has 0 saturated carbocycles. The van der Waals surface area contributed by atoms with Crippen LogP contribution in [0.25, 0.3) is 10.9 Å². The number of pyridine rings is 1. The number of ether oxygens (including phenoxy) is 3. The van der Waals surface area contributed by atoms with Gasteiger partial charge >= 0.3 is 6.09 Å². The van der Waals surface area contributed by atoms with E-state index in [0.717, 1.165) is 15.6 Å². The fraction of sp³-hybridized carbons (Fsp3) is 0.524. The van der Waals surface area contributed by atoms with Crippen molar-refractivity contribution in [3.63, 3.8) is 0 Å². The highest BCUT2D eigenvalue weighted by atomic mass is 79.9. The molecule has 172 valence electrons. The van der Waals surface area contributed by atoms with Crippen LogP contribution in [0.5, 0.6) is 5.75 Å². The number of carbonyl (C=O) groups is 1. The number of aromatic hydroxyl groups is 1. The molecular formula is C21H29Br2N3O5. The minimum absolute atomic E-state index is 0.129. The van der Waals surface area contributed by atoms with E-state index in [1.807, 2.05) is 32.9 Å². The van der Waals surface area contributed by atoms with Crippen molar-refractivity contribution in [2.75, 3.05) is 39.5 Å². The first-order valence-corrected chi connectivity index (χ1v) is 11.6. The molecule has 2 aromatic rings. The van der Waals surface area contributed by atoms with Gasteiger partial charge in [-0.25, -0.2) is 9.78 Å². The number of nitrogens with one attached hydrogen (secondary N) is 2. The molecule has 0 radical (unpaired) electrons. The van der Waals surface area contributed by atoms with Crippen LogP contribution in [-0.2, 0) is 20.8 Å². The molecule has 31 heavy (non-hydrogen) atoms. The molecule has 0 unspecified atom stereocenters. The highest BCUT2D eigenvalue weighted by Crippen LogP contribution is 2.36. The van der Waals surface area contributed by atoms with Crippen molar-refractivity contribution in [3.8, 4) is 5.75 Å². The smallest absolute Gasteiger partial charge is 0.407 e. The number of amides is 1. The predicted octanol–water partition coefficient (Wildman–Crippen LogP) is 4.11. The Kier molecular flexibility index (Phi) is 10.4. The molecule has 0 saturated heterocycles. The van der Waals surface area contributed by atoms with Gasteiger partial charge in [0.2, 0.25) is 0 Å². The predicted molar refractivity (Wildman–Crippen MR) is 126 cm³/mol. The van der Waals surface area contributed by atoms with Gasteiger partial charge in [-0.15, -0.1) is 0 Å². The zero-order chi connectivity index (χ0) is 22.9. The maximum atomic E-state index is 11.5. The van der Waals surface area contributed by atoms with E-state index in [9.17, 15) is 9.90 Å². The van der Waals surface area contributed by atoms with E-state index in [2.05, 4.69) is 47.5 Å². The van der Waals surface area contributed by atoms with Crippen LogP contribution in [0.1, 0.15) is 26.5 Å². The maximum absolute atomic E-state index is 11.5. The first kappa shape index (κ1) is 25.8. The highest BCUT2D eigenvalue weighted by molar-refractivity contribution is 9.11. The molecule has 1 aromatic carbocycles. The molecule has 0 aliphatic carbocycles. The molecule has 3 N–H and O–H groups in total. The largest absolute Gasteiger partial charge is 0.505 e. The van der Waals surface area contributed by atoms with E-state index in [1.165, 1.54) is 0 Å². The van der Waals surface area contributed by atoms with E-state index < -0.39 is 11.7 Å². The minimum atomic E-state index is -0.507. The average molecular weight is 563 g/mol. The van der Waals surface area contributed by atoms with Gasteiger partial charge in [0.25, 0.3) is 0 Å². The van der Waals surface area contributed by atoms with Gasteiger partial charge in [-0.3, -0.25) is 0 Å². The van der Waals surface area contributed by atoms with E-state index >= 15 is 0 Å². The summed E-state index contributed by atoms with van der Waals surface area (Å²) in [6.07, 6.45) is -0.449. The van der Waals surface area contributed by atoms with Crippen LogP contribution in [0.2, 0.25) is 0 Å². The van der Waals surface area contributed by atoms with Crippen molar-refractivity contribution in [2.24, 2.45) is 0 Å². The Hall–Kier alpha value is -1.46. The molecule has 0 aliphatic heterocycles. The molecule has 10 heteroatoms. The average Bonchev–Trinajstić information content (AvgIpc) is 2.69. The van der Waals surface area contributed by atoms with E-state index in [-0.39, 0.29) is 5.75 Å². The van der Waals surface area contributed by atoms with Crippen LogP contribution in [-0.4, -0.2) is 61.3 Å². The molecule has 8 nitrogen and oxygen atoms in total. The molecule has 1 amide bonds. The Morgan fingerprint density at radius 1 is 1.06 bits per heavy atom. The fourth-order valence-corrected chi connectivity index (χ4v) is 3.84. The highest BCUT2D eigenvalue weighted by Gasteiger charge is 2.15. The summed E-state index contributed by atoms with van der Waals surface area (Å²) in [5.41, 5.74) is 0.872. The molecule has 0 aliphatic rings. The van der Waals surface area contributed by atoms with Crippen LogP contribution < -0.4 is 10.6 Å². The van der Waals surface area contributed by atoms with Gasteiger partial charge in [0.05, 0.1) is 36.6 Å². The Bertz CT molecular complexity index is 874. The fourth-order valence-electron chi connectivity index (χ4n) is 2.56. The minimum Gasteiger partial charge on any atom is -0.505 e. The SMILES string of the molecule is CC(C)(C)OC(=O)NCCOCCOCCNCc1ccc2c(Br)cc(Br)c(O)c2n1. The summed E-state index contributed by atoms with van der Waals surface area (Å²) in [5, 5.41) is 17.0. The molecule has 0 fully saturated rings. The normalized spacial score (nSPS) is 11.6. The third-order valence-corrected chi connectivity index (χ3v) is 5.19. The summed E-state index contributed by atoms with van der Waals surface area (Å²) in [4.78, 5) is 16.0. The van der Waals surface area contributed by atoms with Crippen molar-refractivity contribution in [2.45, 2.75) is 32.9 Å². The number of halogens is 2. The van der Waals surface area contributed by atoms with Gasteiger partial charge in [-0.2, -0.15) is 0 Å². The molecular weight excluding hydrogens is 534 g/mol. The Balaban J connectivity index is 1.54. The number of phenols is 1. The molecule has 2 rings (SSSR count). The topological polar surface area (TPSA) is 102 Å². The number of hydrogen-bond acceptors (Lipinski definition) is 7. The lowest BCUT2D eigenvalue weighted by molar-refractivity contribution is 0.0403. The summed E-state index contributed by atoms with van der Waals surface area (Å²) in [7, 11) is 0. The van der Waals surface area contributed by atoms with Crippen molar-refractivity contribution in [1.82, 2.24) is 15.6 Å². The summed E-state index contributed by atoms with van der Waals surface area (Å²) in [6, 6.07) is 5.66. The van der Waals surface area contributed by atoms with Crippen LogP contribution in [0.4, 0.5) is 4.79 Å². The van der Waals surface area contributed by atoms with Crippen molar-refractivity contribution in [1.29, 1.82) is 0 Å². The summed E-state index contributed by atoms with van der Waals surface area (Å²) >= 11 is 6.81. The van der Waals surface area contributed by atoms with Crippen LogP contribution >= 0.6 is 31.9 Å². The summed E-state index contributed by atoms with van der Waals surface area (Å²) in [5.74, 6) is 0.129. The van der Waals surface area contributed by atoms with Gasteiger partial charge in [-0.1, -0.05) is 15.9 Å². The van der Waals surface area contributed by atoms with E-state index in [1.54, 1.807) is 6.07 Å². The van der Waals surface area contributed by atoms with Gasteiger partial charge in [0.15, 0.2) is 5.75 Å². The lowest BCUT2D eigenvalue weighted by atomic mass is 10.2. The standard InChI is InChI=1S/C21H29Br2N3O5/c1-21(2,3)31-20(28)25-7-9-30-11-10-29-8-6-24-13-14-4-5-15-16(22)12-17(23)19(27)18(15)26-14/h4-5,12,24,27H,6-11,13H2,1-3H3,(H,25,28). The van der Waals surface area contributed by atoms with Gasteiger partial charge in [0, 0.05) is 29.5 Å². The van der Waals surface area contributed by atoms with Crippen LogP contribution in [0.3, 0.4) is 0 Å². The van der Waals surface area contributed by atoms with Crippen molar-refractivity contribution in [3.05, 3.63) is 32.8 Å². The van der Waals surface area contributed by atoms with Gasteiger partial charge < -0.3 is 30.0 Å². The number of carbonyl (C=O) groups excluding carboxylic acids is 1. The first-order chi connectivity index (χ1) is 14.7. The third kappa shape index (κ3) is 9.28. The lowest BCUT2D eigenvalue weighted by Crippen LogP contribution is -2.34. The first-order valence-electron chi connectivity index (χ1n) is 9.97. The second kappa shape index (κ2) is 12.5. The number of fused-ring (bicyclic) bond motifs is 1. The van der Waals surface area contributed by atoms with Crippen LogP contribution in [0.15, 0.2) is 27.1 Å². The number of aromatic nitrogens is 1. The van der Waals surface area contributed by atoms with Gasteiger partial charge in [-0.05, 0) is 54.9 Å². The zero-order valence-corrected chi connectivity index (χ0v) is 21.1. The van der Waals surface area contributed by atoms with E-state index in [4.69, 9.17) is 14.2 Å². The van der Waals surface area contributed by atoms with Crippen LogP contribution in [0, 0.1) is 0 Å². The number of alkyl carbamates (subject to hydrolysis) is 1. The van der Waals surface area contributed by atoms with Crippen molar-refractivity contribution >= 4 is 48.9 Å². The number of hydrogen-bond donors (Lipinski definition) is 3. The van der Waals surface area contributed by atoms with Gasteiger partial charge in [0.1, 0.15) is 11.1 Å². The third-order valence-electron chi connectivity index (χ3n) is 3.93. The van der Waals surface area contributed by atoms with Crippen molar-refractivity contribution < 1.29 is 24.1 Å². The Labute approximate surface area is 199 Å². The lowest BCUT2D eigenvalue weighted by Gasteiger charge is -2.19. The molecule has 0 bridgehead atoms. The number of rotatable bonds is 11. The number of benzene rings is 1. The summed E-state index contributed by atoms with van der Waals surface area (Å²) in [6.45, 7) is 8.92. The summed E-state index contributed by atoms with van der Waals surface area (Å²) < 4.78 is 17.5.